The van der Waals surface area contributed by atoms with Crippen molar-refractivity contribution >= 4 is 15.9 Å². The second-order valence-electron chi connectivity index (χ2n) is 4.17. The van der Waals surface area contributed by atoms with Gasteiger partial charge in [-0.2, -0.15) is 0 Å². The van der Waals surface area contributed by atoms with E-state index in [9.17, 15) is 0 Å². The summed E-state index contributed by atoms with van der Waals surface area (Å²) in [4.78, 5) is 0. The van der Waals surface area contributed by atoms with Gasteiger partial charge in [-0.3, -0.25) is 0 Å². The Kier molecular flexibility index (Phi) is 3.56. The smallest absolute Gasteiger partial charge is 0.121 e. The lowest BCUT2D eigenvalue weighted by Gasteiger charge is -2.21. The van der Waals surface area contributed by atoms with E-state index in [1.54, 1.807) is 0 Å². The fourth-order valence-electron chi connectivity index (χ4n) is 1.12. The second-order valence-corrected chi connectivity index (χ2v) is 5.08. The lowest BCUT2D eigenvalue weighted by atomic mass is 10.1. The first-order valence-corrected chi connectivity index (χ1v) is 5.29. The van der Waals surface area contributed by atoms with Gasteiger partial charge in [0.05, 0.1) is 6.61 Å². The molecule has 1 aromatic rings. The van der Waals surface area contributed by atoms with Crippen LogP contribution in [0.15, 0.2) is 22.7 Å². The van der Waals surface area contributed by atoms with Crippen molar-refractivity contribution in [2.24, 2.45) is 0 Å². The normalized spacial score (nSPS) is 11.5. The zero-order chi connectivity index (χ0) is 10.8. The summed E-state index contributed by atoms with van der Waals surface area (Å²) in [5.74, 6) is 0.774. The van der Waals surface area contributed by atoms with Crippen molar-refractivity contribution in [3.63, 3.8) is 0 Å². The predicted octanol–water partition coefficient (Wildman–Crippen LogP) is 3.12. The third-order valence-corrected chi connectivity index (χ3v) is 2.00. The van der Waals surface area contributed by atoms with Crippen LogP contribution in [0.4, 0.5) is 0 Å². The summed E-state index contributed by atoms with van der Waals surface area (Å²) in [5, 5.41) is 9.01. The maximum absolute atomic E-state index is 9.01. The molecular weight excluding hydrogens is 244 g/mol. The molecule has 78 valence electrons. The van der Waals surface area contributed by atoms with Crippen molar-refractivity contribution in [3.8, 4) is 5.75 Å². The number of hydrogen-bond acceptors (Lipinski definition) is 2. The van der Waals surface area contributed by atoms with Gasteiger partial charge in [-0.25, -0.2) is 0 Å². The Morgan fingerprint density at radius 1 is 1.29 bits per heavy atom. The highest BCUT2D eigenvalue weighted by Crippen LogP contribution is 2.24. The minimum atomic E-state index is -0.215. The molecule has 0 aliphatic rings. The van der Waals surface area contributed by atoms with Crippen LogP contribution in [-0.2, 0) is 6.61 Å². The van der Waals surface area contributed by atoms with Crippen LogP contribution in [0, 0.1) is 0 Å². The van der Waals surface area contributed by atoms with Crippen molar-refractivity contribution in [3.05, 3.63) is 28.2 Å². The number of aliphatic hydroxyl groups excluding tert-OH is 1. The van der Waals surface area contributed by atoms with E-state index in [4.69, 9.17) is 9.84 Å². The Morgan fingerprint density at radius 3 is 2.43 bits per heavy atom. The van der Waals surface area contributed by atoms with Gasteiger partial charge in [-0.15, -0.1) is 0 Å². The van der Waals surface area contributed by atoms with Crippen LogP contribution in [0.5, 0.6) is 5.75 Å². The topological polar surface area (TPSA) is 29.5 Å². The molecule has 0 fully saturated rings. The number of benzene rings is 1. The minimum Gasteiger partial charge on any atom is -0.488 e. The summed E-state index contributed by atoms with van der Waals surface area (Å²) < 4.78 is 6.60. The monoisotopic (exact) mass is 258 g/mol. The van der Waals surface area contributed by atoms with Gasteiger partial charge in [0.2, 0.25) is 0 Å². The number of aliphatic hydroxyl groups is 1. The summed E-state index contributed by atoms with van der Waals surface area (Å²) in [6.45, 7) is 6.01. The molecule has 0 saturated carbocycles. The Labute approximate surface area is 93.0 Å². The molecule has 0 radical (unpaired) electrons. The number of ether oxygens (including phenoxy) is 1. The molecular formula is C11H15BrO2. The molecule has 0 unspecified atom stereocenters. The lowest BCUT2D eigenvalue weighted by Crippen LogP contribution is -2.23. The fraction of sp³-hybridized carbons (Fsp3) is 0.455. The molecule has 0 bridgehead atoms. The molecule has 0 aliphatic carbocycles. The average Bonchev–Trinajstić information content (AvgIpc) is 1.99. The van der Waals surface area contributed by atoms with Gasteiger partial charge in [-0.1, -0.05) is 15.9 Å². The fourth-order valence-corrected chi connectivity index (χ4v) is 1.64. The van der Waals surface area contributed by atoms with Gasteiger partial charge in [0, 0.05) is 4.47 Å². The van der Waals surface area contributed by atoms with Gasteiger partial charge in [0.25, 0.3) is 0 Å². The van der Waals surface area contributed by atoms with E-state index >= 15 is 0 Å². The molecule has 2 nitrogen and oxygen atoms in total. The first-order valence-electron chi connectivity index (χ1n) is 4.50. The maximum atomic E-state index is 9.01. The second kappa shape index (κ2) is 4.32. The van der Waals surface area contributed by atoms with Gasteiger partial charge in [0.1, 0.15) is 11.4 Å². The van der Waals surface area contributed by atoms with Crippen LogP contribution < -0.4 is 4.74 Å². The third kappa shape index (κ3) is 3.68. The summed E-state index contributed by atoms with van der Waals surface area (Å²) in [6, 6.07) is 5.61. The summed E-state index contributed by atoms with van der Waals surface area (Å²) in [6.07, 6.45) is 0. The van der Waals surface area contributed by atoms with Crippen LogP contribution in [0.2, 0.25) is 0 Å². The SMILES string of the molecule is CC(C)(C)Oc1cc(Br)cc(CO)c1. The van der Waals surface area contributed by atoms with E-state index in [0.29, 0.717) is 0 Å². The van der Waals surface area contributed by atoms with Gasteiger partial charge < -0.3 is 9.84 Å². The van der Waals surface area contributed by atoms with Gasteiger partial charge >= 0.3 is 0 Å². The molecule has 0 aliphatic heterocycles. The number of rotatable bonds is 2. The Bertz CT molecular complexity index is 316. The first-order chi connectivity index (χ1) is 6.40. The first kappa shape index (κ1) is 11.5. The molecule has 0 amide bonds. The third-order valence-electron chi connectivity index (χ3n) is 1.54. The highest BCUT2D eigenvalue weighted by atomic mass is 79.9. The highest BCUT2D eigenvalue weighted by molar-refractivity contribution is 9.10. The zero-order valence-electron chi connectivity index (χ0n) is 8.67. The van der Waals surface area contributed by atoms with Crippen LogP contribution in [0.1, 0.15) is 26.3 Å². The zero-order valence-corrected chi connectivity index (χ0v) is 10.3. The Hall–Kier alpha value is -0.540. The van der Waals surface area contributed by atoms with E-state index in [1.165, 1.54) is 0 Å². The number of hydrogen-bond donors (Lipinski definition) is 1. The summed E-state index contributed by atoms with van der Waals surface area (Å²) in [5.41, 5.74) is 0.631. The molecule has 1 rings (SSSR count). The van der Waals surface area contributed by atoms with E-state index in [-0.39, 0.29) is 12.2 Å². The van der Waals surface area contributed by atoms with Crippen LogP contribution in [0.3, 0.4) is 0 Å². The van der Waals surface area contributed by atoms with Crippen molar-refractivity contribution in [1.82, 2.24) is 0 Å². The molecule has 0 heterocycles. The molecule has 0 spiro atoms. The van der Waals surface area contributed by atoms with Crippen molar-refractivity contribution in [2.75, 3.05) is 0 Å². The lowest BCUT2D eigenvalue weighted by molar-refractivity contribution is 0.130. The molecule has 0 saturated heterocycles. The van der Waals surface area contributed by atoms with Crippen molar-refractivity contribution in [2.45, 2.75) is 33.0 Å². The number of halogens is 1. The van der Waals surface area contributed by atoms with E-state index < -0.39 is 0 Å². The summed E-state index contributed by atoms with van der Waals surface area (Å²) in [7, 11) is 0. The predicted molar refractivity (Wildman–Crippen MR) is 60.4 cm³/mol. The average molecular weight is 259 g/mol. The molecule has 1 N–H and O–H groups in total. The van der Waals surface area contributed by atoms with Crippen LogP contribution in [-0.4, -0.2) is 10.7 Å². The highest BCUT2D eigenvalue weighted by Gasteiger charge is 2.12. The molecule has 3 heteroatoms. The summed E-state index contributed by atoms with van der Waals surface area (Å²) >= 11 is 3.37. The van der Waals surface area contributed by atoms with E-state index in [0.717, 1.165) is 15.8 Å². The molecule has 0 atom stereocenters. The largest absolute Gasteiger partial charge is 0.488 e. The van der Waals surface area contributed by atoms with Crippen molar-refractivity contribution < 1.29 is 9.84 Å². The molecule has 14 heavy (non-hydrogen) atoms. The standard InChI is InChI=1S/C11H15BrO2/c1-11(2,3)14-10-5-8(7-13)4-9(12)6-10/h4-6,13H,7H2,1-3H3. The van der Waals surface area contributed by atoms with Crippen molar-refractivity contribution in [1.29, 1.82) is 0 Å². The van der Waals surface area contributed by atoms with Crippen LogP contribution in [0.25, 0.3) is 0 Å². The van der Waals surface area contributed by atoms with E-state index in [2.05, 4.69) is 15.9 Å². The van der Waals surface area contributed by atoms with Gasteiger partial charge in [0.15, 0.2) is 0 Å². The van der Waals surface area contributed by atoms with Gasteiger partial charge in [-0.05, 0) is 44.5 Å². The minimum absolute atomic E-state index is 0.0277. The Morgan fingerprint density at radius 2 is 1.93 bits per heavy atom. The Balaban J connectivity index is 2.92. The van der Waals surface area contributed by atoms with E-state index in [1.807, 2.05) is 39.0 Å². The quantitative estimate of drug-likeness (QED) is 0.884. The molecule has 1 aromatic carbocycles. The molecule has 0 aromatic heterocycles. The van der Waals surface area contributed by atoms with Crippen LogP contribution >= 0.6 is 15.9 Å². The maximum Gasteiger partial charge on any atom is 0.121 e.